The van der Waals surface area contributed by atoms with E-state index in [1.165, 1.54) is 0 Å². The lowest BCUT2D eigenvalue weighted by atomic mass is 9.84. The van der Waals surface area contributed by atoms with Crippen LogP contribution in [0.25, 0.3) is 0 Å². The first-order chi connectivity index (χ1) is 11.1. The third-order valence-electron chi connectivity index (χ3n) is 4.67. The molecule has 1 saturated heterocycles. The third-order valence-corrected chi connectivity index (χ3v) is 4.67. The van der Waals surface area contributed by atoms with Gasteiger partial charge in [0.05, 0.1) is 13.2 Å². The van der Waals surface area contributed by atoms with Crippen molar-refractivity contribution in [2.75, 3.05) is 26.7 Å². The van der Waals surface area contributed by atoms with Gasteiger partial charge in [-0.05, 0) is 55.5 Å². The van der Waals surface area contributed by atoms with Gasteiger partial charge in [0.25, 0.3) is 0 Å². The molecule has 1 amide bonds. The second-order valence-electron chi connectivity index (χ2n) is 6.37. The molecule has 0 aromatic heterocycles. The summed E-state index contributed by atoms with van der Waals surface area (Å²) >= 11 is 0. The van der Waals surface area contributed by atoms with Gasteiger partial charge in [0.1, 0.15) is 5.75 Å². The number of carbonyl (C=O) groups is 1. The number of amides is 1. The number of aliphatic hydroxyl groups is 1. The molecule has 1 aromatic carbocycles. The Morgan fingerprint density at radius 1 is 1.42 bits per heavy atom. The van der Waals surface area contributed by atoms with E-state index in [9.17, 15) is 9.90 Å². The molecular weight excluding hydrogens is 328 g/mol. The minimum Gasteiger partial charge on any atom is -0.497 e. The molecule has 1 aliphatic heterocycles. The molecule has 24 heavy (non-hydrogen) atoms. The zero-order valence-corrected chi connectivity index (χ0v) is 15.3. The number of rotatable bonds is 7. The summed E-state index contributed by atoms with van der Waals surface area (Å²) in [6, 6.07) is 7.28. The summed E-state index contributed by atoms with van der Waals surface area (Å²) in [6.07, 6.45) is 2.08. The number of piperidine rings is 1. The molecule has 1 aromatic rings. The summed E-state index contributed by atoms with van der Waals surface area (Å²) in [6.45, 7) is 4.47. The highest BCUT2D eigenvalue weighted by molar-refractivity contribution is 5.85. The van der Waals surface area contributed by atoms with Crippen molar-refractivity contribution in [1.82, 2.24) is 10.6 Å². The Bertz CT molecular complexity index is 507. The number of hydrogen-bond donors (Lipinski definition) is 3. The van der Waals surface area contributed by atoms with Gasteiger partial charge in [0.15, 0.2) is 0 Å². The molecule has 1 heterocycles. The van der Waals surface area contributed by atoms with Crippen LogP contribution in [0.2, 0.25) is 0 Å². The van der Waals surface area contributed by atoms with Crippen LogP contribution in [0.4, 0.5) is 0 Å². The van der Waals surface area contributed by atoms with Crippen LogP contribution in [0.3, 0.4) is 0 Å². The van der Waals surface area contributed by atoms with Crippen LogP contribution in [-0.2, 0) is 4.79 Å². The maximum atomic E-state index is 12.1. The molecular formula is C18H29ClN2O3. The van der Waals surface area contributed by atoms with E-state index in [1.807, 2.05) is 18.2 Å². The van der Waals surface area contributed by atoms with Crippen molar-refractivity contribution in [2.45, 2.75) is 32.3 Å². The van der Waals surface area contributed by atoms with E-state index in [-0.39, 0.29) is 24.9 Å². The van der Waals surface area contributed by atoms with Crippen molar-refractivity contribution in [3.8, 4) is 5.75 Å². The summed E-state index contributed by atoms with van der Waals surface area (Å²) in [7, 11) is 1.59. The number of methoxy groups -OCH3 is 1. The zero-order chi connectivity index (χ0) is 16.7. The molecule has 0 bridgehead atoms. The van der Waals surface area contributed by atoms with Gasteiger partial charge in [-0.15, -0.1) is 12.4 Å². The van der Waals surface area contributed by atoms with Gasteiger partial charge in [-0.2, -0.15) is 0 Å². The van der Waals surface area contributed by atoms with Gasteiger partial charge in [0.2, 0.25) is 5.91 Å². The molecule has 3 N–H and O–H groups in total. The number of carbonyl (C=O) groups excluding carboxylic acids is 1. The number of aliphatic hydroxyl groups excluding tert-OH is 1. The molecule has 0 saturated carbocycles. The number of halogens is 1. The van der Waals surface area contributed by atoms with Crippen molar-refractivity contribution in [3.05, 3.63) is 29.8 Å². The minimum atomic E-state index is -0.719. The molecule has 1 aliphatic rings. The quantitative estimate of drug-likeness (QED) is 0.701. The highest BCUT2D eigenvalue weighted by Gasteiger charge is 2.22. The molecule has 136 valence electrons. The van der Waals surface area contributed by atoms with E-state index < -0.39 is 6.10 Å². The summed E-state index contributed by atoms with van der Waals surface area (Å²) < 4.78 is 5.15. The lowest BCUT2D eigenvalue weighted by Crippen LogP contribution is -2.34. The average molecular weight is 357 g/mol. The molecule has 0 spiro atoms. The first-order valence-corrected chi connectivity index (χ1v) is 8.39. The first-order valence-electron chi connectivity index (χ1n) is 8.39. The zero-order valence-electron chi connectivity index (χ0n) is 14.5. The summed E-state index contributed by atoms with van der Waals surface area (Å²) in [4.78, 5) is 12.1. The van der Waals surface area contributed by atoms with Crippen molar-refractivity contribution in [1.29, 1.82) is 0 Å². The standard InChI is InChI=1S/C18H28N2O3.ClH/c1-13(14-6-8-19-9-7-14)10-18(22)20-12-17(21)15-4-3-5-16(11-15)23-2;/h3-5,11,13-14,17,19,21H,6-10,12H2,1-2H3,(H,20,22);1H. The fourth-order valence-corrected chi connectivity index (χ4v) is 3.12. The molecule has 2 unspecified atom stereocenters. The monoisotopic (exact) mass is 356 g/mol. The predicted octanol–water partition coefficient (Wildman–Crippen LogP) is 2.29. The fourth-order valence-electron chi connectivity index (χ4n) is 3.12. The number of nitrogens with one attached hydrogen (secondary N) is 2. The molecule has 5 nitrogen and oxygen atoms in total. The van der Waals surface area contributed by atoms with E-state index in [0.29, 0.717) is 24.0 Å². The molecule has 1 fully saturated rings. The Morgan fingerprint density at radius 3 is 2.79 bits per heavy atom. The Hall–Kier alpha value is -1.30. The van der Waals surface area contributed by atoms with Crippen LogP contribution in [0.15, 0.2) is 24.3 Å². The molecule has 6 heteroatoms. The second kappa shape index (κ2) is 10.5. The van der Waals surface area contributed by atoms with E-state index in [4.69, 9.17) is 4.74 Å². The normalized spacial score (nSPS) is 17.5. The van der Waals surface area contributed by atoms with Crippen LogP contribution >= 0.6 is 12.4 Å². The van der Waals surface area contributed by atoms with Gasteiger partial charge in [-0.1, -0.05) is 19.1 Å². The van der Waals surface area contributed by atoms with Crippen LogP contribution in [0.1, 0.15) is 37.9 Å². The fraction of sp³-hybridized carbons (Fsp3) is 0.611. The SMILES string of the molecule is COc1cccc(C(O)CNC(=O)CC(C)C2CCNCC2)c1.Cl. The highest BCUT2D eigenvalue weighted by Crippen LogP contribution is 2.24. The van der Waals surface area contributed by atoms with Crippen molar-refractivity contribution in [3.63, 3.8) is 0 Å². The summed E-state index contributed by atoms with van der Waals surface area (Å²) in [5.74, 6) is 1.71. The van der Waals surface area contributed by atoms with Crippen LogP contribution < -0.4 is 15.4 Å². The summed E-state index contributed by atoms with van der Waals surface area (Å²) in [5.41, 5.74) is 0.746. The Labute approximate surface area is 150 Å². The minimum absolute atomic E-state index is 0. The Morgan fingerprint density at radius 2 is 2.12 bits per heavy atom. The third kappa shape index (κ3) is 6.30. The molecule has 2 rings (SSSR count). The van der Waals surface area contributed by atoms with E-state index >= 15 is 0 Å². The molecule has 0 radical (unpaired) electrons. The maximum absolute atomic E-state index is 12.1. The maximum Gasteiger partial charge on any atom is 0.220 e. The van der Waals surface area contributed by atoms with Crippen LogP contribution in [0.5, 0.6) is 5.75 Å². The first kappa shape index (κ1) is 20.7. The lowest BCUT2D eigenvalue weighted by Gasteiger charge is -2.28. The largest absolute Gasteiger partial charge is 0.497 e. The molecule has 2 atom stereocenters. The van der Waals surface area contributed by atoms with E-state index in [2.05, 4.69) is 17.6 Å². The smallest absolute Gasteiger partial charge is 0.220 e. The van der Waals surface area contributed by atoms with Crippen LogP contribution in [-0.4, -0.2) is 37.8 Å². The van der Waals surface area contributed by atoms with Gasteiger partial charge in [-0.3, -0.25) is 4.79 Å². The lowest BCUT2D eigenvalue weighted by molar-refractivity contribution is -0.122. The second-order valence-corrected chi connectivity index (χ2v) is 6.37. The van der Waals surface area contributed by atoms with Crippen molar-refractivity contribution in [2.24, 2.45) is 11.8 Å². The topological polar surface area (TPSA) is 70.6 Å². The van der Waals surface area contributed by atoms with Gasteiger partial charge >= 0.3 is 0 Å². The van der Waals surface area contributed by atoms with Crippen molar-refractivity contribution < 1.29 is 14.6 Å². The van der Waals surface area contributed by atoms with Crippen LogP contribution in [0, 0.1) is 11.8 Å². The van der Waals surface area contributed by atoms with E-state index in [1.54, 1.807) is 13.2 Å². The summed E-state index contributed by atoms with van der Waals surface area (Å²) in [5, 5.41) is 16.4. The Balaban J connectivity index is 0.00000288. The van der Waals surface area contributed by atoms with Gasteiger partial charge in [-0.25, -0.2) is 0 Å². The van der Waals surface area contributed by atoms with Gasteiger partial charge in [0, 0.05) is 13.0 Å². The number of benzene rings is 1. The average Bonchev–Trinajstić information content (AvgIpc) is 2.60. The predicted molar refractivity (Wildman–Crippen MR) is 97.6 cm³/mol. The van der Waals surface area contributed by atoms with E-state index in [0.717, 1.165) is 31.5 Å². The Kier molecular flexibility index (Phi) is 9.11. The highest BCUT2D eigenvalue weighted by atomic mass is 35.5. The number of hydrogen-bond acceptors (Lipinski definition) is 4. The molecule has 0 aliphatic carbocycles. The van der Waals surface area contributed by atoms with Gasteiger partial charge < -0.3 is 20.5 Å². The van der Waals surface area contributed by atoms with Crippen molar-refractivity contribution >= 4 is 18.3 Å². The number of ether oxygens (including phenoxy) is 1.